The molecule has 1 atom stereocenters. The zero-order valence-corrected chi connectivity index (χ0v) is 9.45. The number of halogens is 4. The van der Waals surface area contributed by atoms with Gasteiger partial charge in [-0.25, -0.2) is 9.18 Å². The predicted molar refractivity (Wildman–Crippen MR) is 54.2 cm³/mol. The first-order valence-electron chi connectivity index (χ1n) is 4.87. The topological polar surface area (TPSA) is 70.3 Å². The molecule has 0 radical (unpaired) electrons. The van der Waals surface area contributed by atoms with E-state index in [1.54, 1.807) is 0 Å². The van der Waals surface area contributed by atoms with Crippen LogP contribution in [0.15, 0.2) is 12.1 Å². The van der Waals surface area contributed by atoms with E-state index in [1.165, 1.54) is 6.07 Å². The van der Waals surface area contributed by atoms with Gasteiger partial charge in [-0.3, -0.25) is 0 Å². The Morgan fingerprint density at radius 2 is 2.05 bits per heavy atom. The molecule has 4 nitrogen and oxygen atoms in total. The van der Waals surface area contributed by atoms with E-state index in [0.29, 0.717) is 6.92 Å². The summed E-state index contributed by atoms with van der Waals surface area (Å²) in [4.78, 5) is 10.8. The fourth-order valence-electron chi connectivity index (χ4n) is 1.20. The van der Waals surface area contributed by atoms with Gasteiger partial charge in [0.15, 0.2) is 11.9 Å². The quantitative estimate of drug-likeness (QED) is 0.862. The molecule has 8 heteroatoms. The van der Waals surface area contributed by atoms with E-state index in [4.69, 9.17) is 10.4 Å². The van der Waals surface area contributed by atoms with E-state index < -0.39 is 40.9 Å². The van der Waals surface area contributed by atoms with E-state index in [2.05, 4.69) is 4.74 Å². The number of carboxylic acid groups (broad SMARTS) is 1. The number of ether oxygens (including phenoxy) is 1. The molecule has 102 valence electrons. The van der Waals surface area contributed by atoms with Gasteiger partial charge in [0.1, 0.15) is 17.4 Å². The van der Waals surface area contributed by atoms with Gasteiger partial charge >= 0.3 is 12.1 Å². The molecular formula is C11H7F4NO3. The van der Waals surface area contributed by atoms with E-state index in [1.807, 2.05) is 0 Å². The highest BCUT2D eigenvalue weighted by Crippen LogP contribution is 2.29. The highest BCUT2D eigenvalue weighted by molar-refractivity contribution is 5.91. The molecule has 0 aliphatic rings. The van der Waals surface area contributed by atoms with Crippen molar-refractivity contribution in [1.82, 2.24) is 0 Å². The van der Waals surface area contributed by atoms with Crippen LogP contribution in [-0.2, 0) is 0 Å². The number of rotatable bonds is 3. The summed E-state index contributed by atoms with van der Waals surface area (Å²) in [5.74, 6) is -4.03. The predicted octanol–water partition coefficient (Wildman–Crippen LogP) is 2.73. The highest BCUT2D eigenvalue weighted by Gasteiger charge is 2.39. The summed E-state index contributed by atoms with van der Waals surface area (Å²) in [6.07, 6.45) is -7.03. The van der Waals surface area contributed by atoms with Gasteiger partial charge in [-0.1, -0.05) is 0 Å². The van der Waals surface area contributed by atoms with Gasteiger partial charge in [-0.2, -0.15) is 18.4 Å². The van der Waals surface area contributed by atoms with Crippen molar-refractivity contribution in [3.8, 4) is 11.8 Å². The van der Waals surface area contributed by atoms with E-state index in [0.717, 1.165) is 12.1 Å². The number of nitrogens with zero attached hydrogens (tertiary/aromatic N) is 1. The van der Waals surface area contributed by atoms with Gasteiger partial charge in [0.2, 0.25) is 0 Å². The molecule has 0 aromatic heterocycles. The second-order valence-corrected chi connectivity index (χ2v) is 3.52. The van der Waals surface area contributed by atoms with Crippen molar-refractivity contribution in [2.24, 2.45) is 0 Å². The van der Waals surface area contributed by atoms with E-state index in [-0.39, 0.29) is 0 Å². The van der Waals surface area contributed by atoms with Crippen molar-refractivity contribution in [1.29, 1.82) is 5.26 Å². The number of aromatic carboxylic acids is 1. The average molecular weight is 277 g/mol. The number of hydrogen-bond acceptors (Lipinski definition) is 3. The first kappa shape index (κ1) is 14.8. The summed E-state index contributed by atoms with van der Waals surface area (Å²) in [5, 5.41) is 17.3. The second-order valence-electron chi connectivity index (χ2n) is 3.52. The number of benzene rings is 1. The molecule has 1 aromatic rings. The molecule has 19 heavy (non-hydrogen) atoms. The van der Waals surface area contributed by atoms with Gasteiger partial charge in [-0.15, -0.1) is 0 Å². The Bertz CT molecular complexity index is 548. The van der Waals surface area contributed by atoms with Crippen LogP contribution in [0.3, 0.4) is 0 Å². The van der Waals surface area contributed by atoms with Crippen molar-refractivity contribution in [3.05, 3.63) is 29.1 Å². The molecule has 0 spiro atoms. The van der Waals surface area contributed by atoms with Crippen LogP contribution >= 0.6 is 0 Å². The Hall–Kier alpha value is -2.30. The Balaban J connectivity index is 3.27. The van der Waals surface area contributed by atoms with Gasteiger partial charge in [0.05, 0.1) is 5.56 Å². The molecule has 0 aliphatic heterocycles. The molecule has 1 rings (SSSR count). The van der Waals surface area contributed by atoms with Crippen LogP contribution in [-0.4, -0.2) is 23.4 Å². The minimum absolute atomic E-state index is 0.593. The highest BCUT2D eigenvalue weighted by atomic mass is 19.4. The van der Waals surface area contributed by atoms with Crippen LogP contribution in [0.1, 0.15) is 22.8 Å². The van der Waals surface area contributed by atoms with Crippen molar-refractivity contribution in [3.63, 3.8) is 0 Å². The largest absolute Gasteiger partial charge is 0.480 e. The molecule has 0 aliphatic carbocycles. The van der Waals surface area contributed by atoms with Crippen LogP contribution in [0.4, 0.5) is 17.6 Å². The lowest BCUT2D eigenvalue weighted by molar-refractivity contribution is -0.189. The number of hydrogen-bond donors (Lipinski definition) is 1. The summed E-state index contributed by atoms with van der Waals surface area (Å²) >= 11 is 0. The molecule has 0 fully saturated rings. The summed E-state index contributed by atoms with van der Waals surface area (Å²) in [6, 6.07) is 3.05. The summed E-state index contributed by atoms with van der Waals surface area (Å²) in [5.41, 5.74) is -1.69. The van der Waals surface area contributed by atoms with Crippen LogP contribution < -0.4 is 4.74 Å². The fraction of sp³-hybridized carbons (Fsp3) is 0.273. The van der Waals surface area contributed by atoms with E-state index in [9.17, 15) is 22.4 Å². The summed E-state index contributed by atoms with van der Waals surface area (Å²) in [7, 11) is 0. The third kappa shape index (κ3) is 3.13. The minimum atomic E-state index is -4.72. The smallest absolute Gasteiger partial charge is 0.425 e. The first-order chi connectivity index (χ1) is 8.68. The number of alkyl halides is 3. The molecule has 0 bridgehead atoms. The number of nitriles is 1. The summed E-state index contributed by atoms with van der Waals surface area (Å²) < 4.78 is 54.8. The lowest BCUT2D eigenvalue weighted by Crippen LogP contribution is -2.31. The lowest BCUT2D eigenvalue weighted by atomic mass is 10.1. The second kappa shape index (κ2) is 5.14. The number of carbonyl (C=O) groups is 1. The van der Waals surface area contributed by atoms with Crippen LogP contribution in [0.25, 0.3) is 0 Å². The zero-order chi connectivity index (χ0) is 14.8. The molecule has 0 unspecified atom stereocenters. The normalized spacial score (nSPS) is 12.6. The molecule has 0 saturated heterocycles. The Morgan fingerprint density at radius 3 is 2.47 bits per heavy atom. The molecule has 0 saturated carbocycles. The molecule has 1 N–H and O–H groups in total. The maximum absolute atomic E-state index is 13.6. The van der Waals surface area contributed by atoms with Crippen molar-refractivity contribution < 1.29 is 32.2 Å². The maximum atomic E-state index is 13.6. The third-order valence-electron chi connectivity index (χ3n) is 2.20. The molecule has 1 aromatic carbocycles. The van der Waals surface area contributed by atoms with Crippen LogP contribution in [0, 0.1) is 17.1 Å². The Morgan fingerprint density at radius 1 is 1.47 bits per heavy atom. The molecular weight excluding hydrogens is 270 g/mol. The zero-order valence-electron chi connectivity index (χ0n) is 9.45. The Kier molecular flexibility index (Phi) is 3.99. The third-order valence-corrected chi connectivity index (χ3v) is 2.20. The van der Waals surface area contributed by atoms with Gasteiger partial charge in [-0.05, 0) is 19.1 Å². The number of carboxylic acids is 1. The lowest BCUT2D eigenvalue weighted by Gasteiger charge is -2.19. The molecule has 0 amide bonds. The summed E-state index contributed by atoms with van der Waals surface area (Å²) in [6.45, 7) is 0.655. The van der Waals surface area contributed by atoms with Crippen molar-refractivity contribution >= 4 is 5.97 Å². The van der Waals surface area contributed by atoms with Gasteiger partial charge in [0, 0.05) is 0 Å². The maximum Gasteiger partial charge on any atom is 0.425 e. The van der Waals surface area contributed by atoms with Crippen molar-refractivity contribution in [2.45, 2.75) is 19.2 Å². The average Bonchev–Trinajstić information content (AvgIpc) is 2.27. The Labute approximate surface area is 104 Å². The fourth-order valence-corrected chi connectivity index (χ4v) is 1.20. The first-order valence-corrected chi connectivity index (χ1v) is 4.87. The minimum Gasteiger partial charge on any atom is -0.480 e. The van der Waals surface area contributed by atoms with Gasteiger partial charge in [0.25, 0.3) is 0 Å². The monoisotopic (exact) mass is 277 g/mol. The van der Waals surface area contributed by atoms with Gasteiger partial charge < -0.3 is 9.84 Å². The van der Waals surface area contributed by atoms with Crippen LogP contribution in [0.5, 0.6) is 5.75 Å². The van der Waals surface area contributed by atoms with E-state index >= 15 is 0 Å². The van der Waals surface area contributed by atoms with Crippen LogP contribution in [0.2, 0.25) is 0 Å². The van der Waals surface area contributed by atoms with Crippen molar-refractivity contribution in [2.75, 3.05) is 0 Å². The standard InChI is InChI=1S/C11H7F4NO3/c1-5(11(13,14)15)19-7-3-2-6(4-16)9(12)8(7)10(17)18/h2-3,5H,1H3,(H,17,18)/t5-/m0/s1. The SMILES string of the molecule is C[C@H](Oc1ccc(C#N)c(F)c1C(=O)O)C(F)(F)F. The molecule has 0 heterocycles.